The summed E-state index contributed by atoms with van der Waals surface area (Å²) < 4.78 is 0. The Morgan fingerprint density at radius 3 is 2.92 bits per heavy atom. The predicted molar refractivity (Wildman–Crippen MR) is 57.5 cm³/mol. The van der Waals surface area contributed by atoms with E-state index in [1.807, 2.05) is 0 Å². The smallest absolute Gasteiger partial charge is 0.0561 e. The Bertz CT molecular complexity index is 235. The maximum Gasteiger partial charge on any atom is 0.0561 e. The van der Waals surface area contributed by atoms with Crippen LogP contribution >= 0.6 is 23.1 Å². The van der Waals surface area contributed by atoms with E-state index < -0.39 is 0 Å². The van der Waals surface area contributed by atoms with Gasteiger partial charge >= 0.3 is 0 Å². The highest BCUT2D eigenvalue weighted by molar-refractivity contribution is 7.98. The Kier molecular flexibility index (Phi) is 4.08. The highest BCUT2D eigenvalue weighted by Crippen LogP contribution is 2.23. The van der Waals surface area contributed by atoms with Crippen LogP contribution in [0.2, 0.25) is 0 Å². The second kappa shape index (κ2) is 4.87. The van der Waals surface area contributed by atoms with Gasteiger partial charge in [-0.2, -0.15) is 11.8 Å². The van der Waals surface area contributed by atoms with Gasteiger partial charge in [0.1, 0.15) is 0 Å². The van der Waals surface area contributed by atoms with Crippen molar-refractivity contribution in [1.82, 2.24) is 5.43 Å². The fourth-order valence-corrected chi connectivity index (χ4v) is 2.52. The van der Waals surface area contributed by atoms with Crippen LogP contribution < -0.4 is 11.3 Å². The first-order chi connectivity index (χ1) is 5.79. The number of hydrogen-bond acceptors (Lipinski definition) is 4. The lowest BCUT2D eigenvalue weighted by Gasteiger charge is -2.13. The summed E-state index contributed by atoms with van der Waals surface area (Å²) in [6.07, 6.45) is 2.09. The van der Waals surface area contributed by atoms with Crippen LogP contribution in [0.5, 0.6) is 0 Å². The Morgan fingerprint density at radius 2 is 2.50 bits per heavy atom. The number of hydrogen-bond donors (Lipinski definition) is 2. The van der Waals surface area contributed by atoms with E-state index in [1.54, 1.807) is 23.1 Å². The Labute approximate surface area is 81.5 Å². The Balaban J connectivity index is 2.72. The molecule has 0 aliphatic carbocycles. The molecule has 1 atom stereocenters. The number of hydrazine groups is 1. The van der Waals surface area contributed by atoms with E-state index in [4.69, 9.17) is 5.84 Å². The minimum atomic E-state index is 0.297. The van der Waals surface area contributed by atoms with E-state index in [1.165, 1.54) is 10.4 Å². The average molecular weight is 202 g/mol. The van der Waals surface area contributed by atoms with Gasteiger partial charge in [0.15, 0.2) is 0 Å². The zero-order chi connectivity index (χ0) is 8.97. The number of nitrogens with one attached hydrogen (secondary N) is 1. The molecule has 4 heteroatoms. The molecule has 0 bridgehead atoms. The van der Waals surface area contributed by atoms with Crippen LogP contribution in [0.25, 0.3) is 0 Å². The third-order valence-corrected chi connectivity index (χ3v) is 3.34. The topological polar surface area (TPSA) is 38.0 Å². The molecule has 0 aliphatic heterocycles. The minimum Gasteiger partial charge on any atom is -0.271 e. The first kappa shape index (κ1) is 10.1. The Hall–Kier alpha value is -0.0300. The van der Waals surface area contributed by atoms with Crippen LogP contribution in [0.4, 0.5) is 0 Å². The van der Waals surface area contributed by atoms with Crippen LogP contribution in [-0.2, 0) is 0 Å². The molecular weight excluding hydrogens is 188 g/mol. The monoisotopic (exact) mass is 202 g/mol. The molecule has 68 valence electrons. The second-order valence-electron chi connectivity index (χ2n) is 2.61. The molecule has 1 rings (SSSR count). The zero-order valence-corrected chi connectivity index (χ0v) is 8.97. The molecule has 0 aromatic carbocycles. The molecule has 12 heavy (non-hydrogen) atoms. The Morgan fingerprint density at radius 1 is 1.75 bits per heavy atom. The summed E-state index contributed by atoms with van der Waals surface area (Å²) in [5.74, 6) is 6.48. The van der Waals surface area contributed by atoms with Crippen molar-refractivity contribution in [3.63, 3.8) is 0 Å². The molecule has 3 N–H and O–H groups in total. The van der Waals surface area contributed by atoms with Gasteiger partial charge in [0, 0.05) is 10.6 Å². The molecule has 0 saturated heterocycles. The van der Waals surface area contributed by atoms with Crippen molar-refractivity contribution in [3.8, 4) is 0 Å². The van der Waals surface area contributed by atoms with Gasteiger partial charge in [-0.05, 0) is 30.2 Å². The molecule has 2 nitrogen and oxygen atoms in total. The van der Waals surface area contributed by atoms with Gasteiger partial charge < -0.3 is 0 Å². The first-order valence-electron chi connectivity index (χ1n) is 3.78. The van der Waals surface area contributed by atoms with Gasteiger partial charge in [0.2, 0.25) is 0 Å². The molecule has 0 aliphatic rings. The summed E-state index contributed by atoms with van der Waals surface area (Å²) in [6, 6.07) is 2.44. The molecule has 1 unspecified atom stereocenters. The van der Waals surface area contributed by atoms with Crippen molar-refractivity contribution in [3.05, 3.63) is 21.9 Å². The minimum absolute atomic E-state index is 0.297. The lowest BCUT2D eigenvalue weighted by molar-refractivity contribution is 0.610. The fraction of sp³-hybridized carbons (Fsp3) is 0.500. The molecule has 0 radical (unpaired) electrons. The molecule has 0 saturated carbocycles. The van der Waals surface area contributed by atoms with Crippen LogP contribution in [0, 0.1) is 6.92 Å². The molecule has 0 amide bonds. The van der Waals surface area contributed by atoms with Gasteiger partial charge in [0.05, 0.1) is 6.04 Å². The molecule has 0 fully saturated rings. The van der Waals surface area contributed by atoms with Crippen LogP contribution in [-0.4, -0.2) is 12.0 Å². The largest absolute Gasteiger partial charge is 0.271 e. The third kappa shape index (κ3) is 2.23. The summed E-state index contributed by atoms with van der Waals surface area (Å²) in [6.45, 7) is 2.13. The second-order valence-corrected chi connectivity index (χ2v) is 4.64. The highest BCUT2D eigenvalue weighted by Gasteiger charge is 2.11. The summed E-state index contributed by atoms with van der Waals surface area (Å²) in [5.41, 5.74) is 4.16. The lowest BCUT2D eigenvalue weighted by atomic mass is 10.1. The van der Waals surface area contributed by atoms with Crippen LogP contribution in [0.3, 0.4) is 0 Å². The average Bonchev–Trinajstić information content (AvgIpc) is 2.47. The van der Waals surface area contributed by atoms with Crippen molar-refractivity contribution in [2.45, 2.75) is 13.0 Å². The van der Waals surface area contributed by atoms with Gasteiger partial charge in [-0.15, -0.1) is 11.3 Å². The molecular formula is C8H14N2S2. The van der Waals surface area contributed by atoms with E-state index in [2.05, 4.69) is 30.1 Å². The normalized spacial score (nSPS) is 13.2. The number of thiophene rings is 1. The summed E-state index contributed by atoms with van der Waals surface area (Å²) in [4.78, 5) is 1.35. The number of aryl methyl sites for hydroxylation is 1. The van der Waals surface area contributed by atoms with Crippen LogP contribution in [0.15, 0.2) is 11.4 Å². The molecule has 1 heterocycles. The van der Waals surface area contributed by atoms with Crippen LogP contribution in [0.1, 0.15) is 16.5 Å². The third-order valence-electron chi connectivity index (χ3n) is 1.81. The zero-order valence-electron chi connectivity index (χ0n) is 7.33. The van der Waals surface area contributed by atoms with Crippen molar-refractivity contribution in [2.75, 3.05) is 12.0 Å². The quantitative estimate of drug-likeness (QED) is 0.579. The molecule has 1 aromatic rings. The highest BCUT2D eigenvalue weighted by atomic mass is 32.2. The van der Waals surface area contributed by atoms with Crippen molar-refractivity contribution in [2.24, 2.45) is 5.84 Å². The van der Waals surface area contributed by atoms with E-state index >= 15 is 0 Å². The summed E-state index contributed by atoms with van der Waals surface area (Å²) >= 11 is 3.57. The molecule has 0 spiro atoms. The SMILES string of the molecule is CSCC(NN)c1ccsc1C. The summed E-state index contributed by atoms with van der Waals surface area (Å²) in [5, 5.41) is 2.11. The van der Waals surface area contributed by atoms with Gasteiger partial charge in [0.25, 0.3) is 0 Å². The van der Waals surface area contributed by atoms with Gasteiger partial charge in [-0.3, -0.25) is 11.3 Å². The van der Waals surface area contributed by atoms with Crippen molar-refractivity contribution >= 4 is 23.1 Å². The maximum atomic E-state index is 5.46. The maximum absolute atomic E-state index is 5.46. The number of thioether (sulfide) groups is 1. The van der Waals surface area contributed by atoms with Gasteiger partial charge in [-0.25, -0.2) is 0 Å². The van der Waals surface area contributed by atoms with Crippen molar-refractivity contribution < 1.29 is 0 Å². The number of rotatable bonds is 4. The molecule has 1 aromatic heterocycles. The van der Waals surface area contributed by atoms with Crippen molar-refractivity contribution in [1.29, 1.82) is 0 Å². The predicted octanol–water partition coefficient (Wildman–Crippen LogP) is 1.92. The number of nitrogens with two attached hydrogens (primary N) is 1. The van der Waals surface area contributed by atoms with E-state index in [0.29, 0.717) is 6.04 Å². The standard InChI is InChI=1S/C8H14N2S2/c1-6-7(3-4-12-6)8(10-9)5-11-2/h3-4,8,10H,5,9H2,1-2H3. The van der Waals surface area contributed by atoms with E-state index in [-0.39, 0.29) is 0 Å². The van der Waals surface area contributed by atoms with E-state index in [0.717, 1.165) is 5.75 Å². The van der Waals surface area contributed by atoms with Gasteiger partial charge in [-0.1, -0.05) is 0 Å². The van der Waals surface area contributed by atoms with E-state index in [9.17, 15) is 0 Å². The fourth-order valence-electron chi connectivity index (χ4n) is 1.15. The lowest BCUT2D eigenvalue weighted by Crippen LogP contribution is -2.29. The first-order valence-corrected chi connectivity index (χ1v) is 6.06. The summed E-state index contributed by atoms with van der Waals surface area (Å²) in [7, 11) is 0.